The number of halogens is 1. The molecule has 20 heavy (non-hydrogen) atoms. The zero-order valence-electron chi connectivity index (χ0n) is 11.2. The number of hydrogen-bond acceptors (Lipinski definition) is 2. The summed E-state index contributed by atoms with van der Waals surface area (Å²) in [6.07, 6.45) is 0. The van der Waals surface area contributed by atoms with Crippen molar-refractivity contribution in [2.45, 2.75) is 12.7 Å². The first-order valence-corrected chi connectivity index (χ1v) is 7.85. The quantitative estimate of drug-likeness (QED) is 0.880. The van der Waals surface area contributed by atoms with E-state index >= 15 is 0 Å². The molecule has 0 unspecified atom stereocenters. The minimum absolute atomic E-state index is 0.0211. The summed E-state index contributed by atoms with van der Waals surface area (Å²) < 4.78 is 0. The molecule has 2 nitrogen and oxygen atoms in total. The molecular formula is C16H16ClNOS. The number of benzene rings is 2. The summed E-state index contributed by atoms with van der Waals surface area (Å²) in [5.74, 6) is 1.27. The Kier molecular flexibility index (Phi) is 5.50. The zero-order valence-corrected chi connectivity index (χ0v) is 12.8. The number of hydrogen-bond donors (Lipinski definition) is 1. The first-order valence-electron chi connectivity index (χ1n) is 6.32. The SMILES string of the molecule is Cc1ccc(NC(=O)CSCc2ccc(Cl)cc2)cc1. The summed E-state index contributed by atoms with van der Waals surface area (Å²) >= 11 is 7.41. The molecule has 0 aliphatic heterocycles. The molecule has 0 spiro atoms. The minimum atomic E-state index is 0.0211. The maximum Gasteiger partial charge on any atom is 0.234 e. The Hall–Kier alpha value is -1.45. The molecule has 2 aromatic carbocycles. The van der Waals surface area contributed by atoms with Crippen LogP contribution in [0, 0.1) is 6.92 Å². The van der Waals surface area contributed by atoms with E-state index in [1.54, 1.807) is 11.8 Å². The van der Waals surface area contributed by atoms with Crippen LogP contribution >= 0.6 is 23.4 Å². The van der Waals surface area contributed by atoms with E-state index in [1.807, 2.05) is 55.5 Å². The zero-order chi connectivity index (χ0) is 14.4. The number of thioether (sulfide) groups is 1. The number of aryl methyl sites for hydroxylation is 1. The van der Waals surface area contributed by atoms with Crippen molar-refractivity contribution in [2.75, 3.05) is 11.1 Å². The van der Waals surface area contributed by atoms with Gasteiger partial charge < -0.3 is 5.32 Å². The highest BCUT2D eigenvalue weighted by atomic mass is 35.5. The Balaban J connectivity index is 1.75. The van der Waals surface area contributed by atoms with Gasteiger partial charge in [0.15, 0.2) is 0 Å². The van der Waals surface area contributed by atoms with E-state index in [-0.39, 0.29) is 5.91 Å². The van der Waals surface area contributed by atoms with E-state index in [0.717, 1.165) is 16.5 Å². The molecule has 1 amide bonds. The molecule has 0 heterocycles. The molecule has 2 aromatic rings. The van der Waals surface area contributed by atoms with Crippen molar-refractivity contribution in [3.05, 3.63) is 64.7 Å². The van der Waals surface area contributed by atoms with Gasteiger partial charge in [-0.25, -0.2) is 0 Å². The lowest BCUT2D eigenvalue weighted by Crippen LogP contribution is -2.14. The van der Waals surface area contributed by atoms with Gasteiger partial charge in [0.2, 0.25) is 5.91 Å². The van der Waals surface area contributed by atoms with E-state index in [0.29, 0.717) is 5.75 Å². The maximum atomic E-state index is 11.8. The van der Waals surface area contributed by atoms with Gasteiger partial charge in [0.05, 0.1) is 5.75 Å². The number of anilines is 1. The number of carbonyl (C=O) groups is 1. The first-order chi connectivity index (χ1) is 9.63. The lowest BCUT2D eigenvalue weighted by molar-refractivity contribution is -0.113. The highest BCUT2D eigenvalue weighted by Crippen LogP contribution is 2.16. The van der Waals surface area contributed by atoms with Crippen LogP contribution in [0.2, 0.25) is 5.02 Å². The van der Waals surface area contributed by atoms with Gasteiger partial charge in [-0.05, 0) is 36.8 Å². The molecular weight excluding hydrogens is 290 g/mol. The number of rotatable bonds is 5. The van der Waals surface area contributed by atoms with E-state index < -0.39 is 0 Å². The molecule has 0 saturated carbocycles. The van der Waals surface area contributed by atoms with Crippen LogP contribution in [0.5, 0.6) is 0 Å². The van der Waals surface area contributed by atoms with Crippen LogP contribution in [0.4, 0.5) is 5.69 Å². The van der Waals surface area contributed by atoms with Crippen LogP contribution in [-0.2, 0) is 10.5 Å². The third-order valence-electron chi connectivity index (χ3n) is 2.75. The normalized spacial score (nSPS) is 10.3. The van der Waals surface area contributed by atoms with Crippen molar-refractivity contribution in [3.63, 3.8) is 0 Å². The van der Waals surface area contributed by atoms with Crippen LogP contribution in [0.15, 0.2) is 48.5 Å². The standard InChI is InChI=1S/C16H16ClNOS/c1-12-2-8-15(9-3-12)18-16(19)11-20-10-13-4-6-14(17)7-5-13/h2-9H,10-11H2,1H3,(H,18,19). The molecule has 1 N–H and O–H groups in total. The first kappa shape index (κ1) is 14.9. The van der Waals surface area contributed by atoms with Crippen molar-refractivity contribution in [1.82, 2.24) is 0 Å². The summed E-state index contributed by atoms with van der Waals surface area (Å²) in [5.41, 5.74) is 3.19. The molecule has 0 atom stereocenters. The fraction of sp³-hybridized carbons (Fsp3) is 0.188. The van der Waals surface area contributed by atoms with Crippen LogP contribution in [-0.4, -0.2) is 11.7 Å². The van der Waals surface area contributed by atoms with Crippen molar-refractivity contribution < 1.29 is 4.79 Å². The van der Waals surface area contributed by atoms with Gasteiger partial charge in [-0.15, -0.1) is 11.8 Å². The van der Waals surface area contributed by atoms with Gasteiger partial charge >= 0.3 is 0 Å². The molecule has 0 aromatic heterocycles. The summed E-state index contributed by atoms with van der Waals surface area (Å²) in [4.78, 5) is 11.8. The van der Waals surface area contributed by atoms with Crippen molar-refractivity contribution in [2.24, 2.45) is 0 Å². The van der Waals surface area contributed by atoms with Crippen molar-refractivity contribution in [1.29, 1.82) is 0 Å². The molecule has 0 bridgehead atoms. The second-order valence-corrected chi connectivity index (χ2v) is 5.96. The number of amides is 1. The molecule has 0 saturated heterocycles. The average molecular weight is 306 g/mol. The predicted octanol–water partition coefficient (Wildman–Crippen LogP) is 4.52. The summed E-state index contributed by atoms with van der Waals surface area (Å²) in [6, 6.07) is 15.5. The van der Waals surface area contributed by atoms with Crippen LogP contribution in [0.25, 0.3) is 0 Å². The van der Waals surface area contributed by atoms with E-state index in [9.17, 15) is 4.79 Å². The Bertz CT molecular complexity index is 566. The summed E-state index contributed by atoms with van der Waals surface area (Å²) in [7, 11) is 0. The fourth-order valence-corrected chi connectivity index (χ4v) is 2.59. The topological polar surface area (TPSA) is 29.1 Å². The molecule has 0 radical (unpaired) electrons. The largest absolute Gasteiger partial charge is 0.325 e. The van der Waals surface area contributed by atoms with Crippen molar-refractivity contribution in [3.8, 4) is 0 Å². The molecule has 0 fully saturated rings. The maximum absolute atomic E-state index is 11.8. The smallest absolute Gasteiger partial charge is 0.234 e. The van der Waals surface area contributed by atoms with Crippen LogP contribution < -0.4 is 5.32 Å². The van der Waals surface area contributed by atoms with Gasteiger partial charge in [0, 0.05) is 16.5 Å². The van der Waals surface area contributed by atoms with E-state index in [1.165, 1.54) is 11.1 Å². The van der Waals surface area contributed by atoms with Gasteiger partial charge in [-0.3, -0.25) is 4.79 Å². The number of nitrogens with one attached hydrogen (secondary N) is 1. The Morgan fingerprint density at radius 3 is 2.40 bits per heavy atom. The Labute approximate surface area is 128 Å². The monoisotopic (exact) mass is 305 g/mol. The molecule has 0 aliphatic rings. The lowest BCUT2D eigenvalue weighted by atomic mass is 10.2. The second-order valence-electron chi connectivity index (χ2n) is 4.53. The van der Waals surface area contributed by atoms with Gasteiger partial charge in [-0.2, -0.15) is 0 Å². The van der Waals surface area contributed by atoms with Crippen LogP contribution in [0.3, 0.4) is 0 Å². The van der Waals surface area contributed by atoms with Gasteiger partial charge in [0.25, 0.3) is 0 Å². The predicted molar refractivity (Wildman–Crippen MR) is 87.4 cm³/mol. The molecule has 0 aliphatic carbocycles. The number of carbonyl (C=O) groups excluding carboxylic acids is 1. The summed E-state index contributed by atoms with van der Waals surface area (Å²) in [5, 5.41) is 3.62. The highest BCUT2D eigenvalue weighted by Gasteiger charge is 2.03. The molecule has 2 rings (SSSR count). The second kappa shape index (κ2) is 7.36. The molecule has 104 valence electrons. The fourth-order valence-electron chi connectivity index (χ4n) is 1.68. The minimum Gasteiger partial charge on any atom is -0.325 e. The summed E-state index contributed by atoms with van der Waals surface area (Å²) in [6.45, 7) is 2.02. The molecule has 4 heteroatoms. The Morgan fingerprint density at radius 1 is 1.10 bits per heavy atom. The Morgan fingerprint density at radius 2 is 1.75 bits per heavy atom. The van der Waals surface area contributed by atoms with Gasteiger partial charge in [0.1, 0.15) is 0 Å². The highest BCUT2D eigenvalue weighted by molar-refractivity contribution is 7.99. The van der Waals surface area contributed by atoms with Gasteiger partial charge in [-0.1, -0.05) is 41.4 Å². The van der Waals surface area contributed by atoms with E-state index in [2.05, 4.69) is 5.32 Å². The lowest BCUT2D eigenvalue weighted by Gasteiger charge is -2.05. The van der Waals surface area contributed by atoms with Crippen molar-refractivity contribution >= 4 is 35.0 Å². The average Bonchev–Trinajstić information content (AvgIpc) is 2.44. The van der Waals surface area contributed by atoms with E-state index in [4.69, 9.17) is 11.6 Å². The van der Waals surface area contributed by atoms with Crippen LogP contribution in [0.1, 0.15) is 11.1 Å². The third-order valence-corrected chi connectivity index (χ3v) is 4.01. The third kappa shape index (κ3) is 4.91.